The molecule has 2 aromatic carbocycles. The first-order valence-corrected chi connectivity index (χ1v) is 12.6. The lowest BCUT2D eigenvalue weighted by Crippen LogP contribution is -2.36. The third-order valence-corrected chi connectivity index (χ3v) is 6.75. The van der Waals surface area contributed by atoms with E-state index >= 15 is 0 Å². The predicted octanol–water partition coefficient (Wildman–Crippen LogP) is 4.49. The van der Waals surface area contributed by atoms with Crippen molar-refractivity contribution < 1.29 is 4.79 Å². The zero-order valence-electron chi connectivity index (χ0n) is 20.4. The third-order valence-electron chi connectivity index (χ3n) is 6.75. The second-order valence-electron chi connectivity index (χ2n) is 9.37. The molecule has 4 N–H and O–H groups in total. The molecule has 0 bridgehead atoms. The lowest BCUT2D eigenvalue weighted by atomic mass is 9.91. The van der Waals surface area contributed by atoms with E-state index in [4.69, 9.17) is 0 Å². The van der Waals surface area contributed by atoms with Crippen LogP contribution in [0.25, 0.3) is 0 Å². The SMILES string of the molecule is O=C(c1ccc(CNC2CCC(Nc3ccccc3)CC2)cc1)N(Cc1ncc[nH]1)Cc1ncc[nH]1. The van der Waals surface area contributed by atoms with Crippen LogP contribution in [0.2, 0.25) is 0 Å². The van der Waals surface area contributed by atoms with Gasteiger partial charge in [0, 0.05) is 54.7 Å². The molecular weight excluding hydrogens is 450 g/mol. The maximum Gasteiger partial charge on any atom is 0.254 e. The number of benzene rings is 2. The number of carbonyl (C=O) groups is 1. The van der Waals surface area contributed by atoms with Crippen LogP contribution >= 0.6 is 0 Å². The minimum absolute atomic E-state index is 0.0495. The Morgan fingerprint density at radius 2 is 1.44 bits per heavy atom. The van der Waals surface area contributed by atoms with Gasteiger partial charge in [-0.25, -0.2) is 9.97 Å². The number of para-hydroxylation sites is 1. The lowest BCUT2D eigenvalue weighted by molar-refractivity contribution is 0.0721. The van der Waals surface area contributed by atoms with E-state index in [9.17, 15) is 4.79 Å². The molecule has 1 saturated carbocycles. The number of anilines is 1. The summed E-state index contributed by atoms with van der Waals surface area (Å²) in [7, 11) is 0. The summed E-state index contributed by atoms with van der Waals surface area (Å²) < 4.78 is 0. The van der Waals surface area contributed by atoms with Gasteiger partial charge in [-0.3, -0.25) is 4.79 Å². The van der Waals surface area contributed by atoms with Crippen molar-refractivity contribution in [1.82, 2.24) is 30.2 Å². The van der Waals surface area contributed by atoms with Crippen LogP contribution in [0.5, 0.6) is 0 Å². The summed E-state index contributed by atoms with van der Waals surface area (Å²) in [5.74, 6) is 1.43. The van der Waals surface area contributed by atoms with Gasteiger partial charge < -0.3 is 25.5 Å². The maximum absolute atomic E-state index is 13.3. The van der Waals surface area contributed by atoms with Gasteiger partial charge in [-0.15, -0.1) is 0 Å². The molecule has 0 radical (unpaired) electrons. The fraction of sp³-hybridized carbons (Fsp3) is 0.321. The Morgan fingerprint density at radius 1 is 0.833 bits per heavy atom. The highest BCUT2D eigenvalue weighted by Gasteiger charge is 2.21. The lowest BCUT2D eigenvalue weighted by Gasteiger charge is -2.30. The molecule has 8 heteroatoms. The van der Waals surface area contributed by atoms with Crippen LogP contribution in [0.4, 0.5) is 5.69 Å². The molecule has 0 aliphatic heterocycles. The van der Waals surface area contributed by atoms with Crippen LogP contribution in [0.1, 0.15) is 53.3 Å². The number of carbonyl (C=O) groups excluding carboxylic acids is 1. The molecule has 1 aliphatic rings. The monoisotopic (exact) mass is 483 g/mol. The molecule has 2 heterocycles. The highest BCUT2D eigenvalue weighted by molar-refractivity contribution is 5.94. The van der Waals surface area contributed by atoms with Gasteiger partial charge in [0.2, 0.25) is 0 Å². The van der Waals surface area contributed by atoms with E-state index in [0.29, 0.717) is 30.7 Å². The Kier molecular flexibility index (Phi) is 7.73. The van der Waals surface area contributed by atoms with E-state index in [1.54, 1.807) is 29.7 Å². The largest absolute Gasteiger partial charge is 0.382 e. The molecule has 5 rings (SSSR count). The fourth-order valence-electron chi connectivity index (χ4n) is 4.75. The van der Waals surface area contributed by atoms with E-state index < -0.39 is 0 Å². The minimum atomic E-state index is -0.0495. The Bertz CT molecular complexity index is 1150. The molecule has 0 unspecified atom stereocenters. The first-order chi connectivity index (χ1) is 17.7. The van der Waals surface area contributed by atoms with Gasteiger partial charge >= 0.3 is 0 Å². The normalized spacial score (nSPS) is 17.6. The van der Waals surface area contributed by atoms with Gasteiger partial charge in [-0.05, 0) is 55.5 Å². The van der Waals surface area contributed by atoms with Crippen molar-refractivity contribution in [1.29, 1.82) is 0 Å². The topological polar surface area (TPSA) is 102 Å². The van der Waals surface area contributed by atoms with E-state index in [-0.39, 0.29) is 5.91 Å². The maximum atomic E-state index is 13.3. The number of H-pyrrole nitrogens is 2. The number of aromatic nitrogens is 4. The molecule has 2 aromatic heterocycles. The second kappa shape index (κ2) is 11.7. The molecule has 36 heavy (non-hydrogen) atoms. The first kappa shape index (κ1) is 23.8. The molecular formula is C28H33N7O. The summed E-state index contributed by atoms with van der Waals surface area (Å²) in [6.45, 7) is 1.58. The van der Waals surface area contributed by atoms with E-state index in [1.807, 2.05) is 30.3 Å². The Balaban J connectivity index is 1.12. The average molecular weight is 484 g/mol. The van der Waals surface area contributed by atoms with Crippen molar-refractivity contribution in [3.8, 4) is 0 Å². The zero-order chi connectivity index (χ0) is 24.6. The number of rotatable bonds is 10. The molecule has 1 aliphatic carbocycles. The quantitative estimate of drug-likeness (QED) is 0.266. The van der Waals surface area contributed by atoms with E-state index in [0.717, 1.165) is 31.0 Å². The van der Waals surface area contributed by atoms with Crippen LogP contribution in [0, 0.1) is 0 Å². The van der Waals surface area contributed by atoms with Gasteiger partial charge in [-0.1, -0.05) is 30.3 Å². The van der Waals surface area contributed by atoms with Crippen LogP contribution in [-0.4, -0.2) is 42.8 Å². The first-order valence-electron chi connectivity index (χ1n) is 12.6. The van der Waals surface area contributed by atoms with Crippen molar-refractivity contribution in [2.45, 2.75) is 57.4 Å². The van der Waals surface area contributed by atoms with E-state index in [1.165, 1.54) is 24.1 Å². The molecule has 4 aromatic rings. The van der Waals surface area contributed by atoms with Gasteiger partial charge in [0.05, 0.1) is 13.1 Å². The number of hydrogen-bond acceptors (Lipinski definition) is 5. The Hall–Kier alpha value is -3.91. The molecule has 8 nitrogen and oxygen atoms in total. The molecule has 1 amide bonds. The van der Waals surface area contributed by atoms with Crippen molar-refractivity contribution in [2.75, 3.05) is 5.32 Å². The number of imidazole rings is 2. The van der Waals surface area contributed by atoms with Crippen LogP contribution < -0.4 is 10.6 Å². The number of amides is 1. The molecule has 186 valence electrons. The Morgan fingerprint density at radius 3 is 2.03 bits per heavy atom. The summed E-state index contributed by atoms with van der Waals surface area (Å²) in [5.41, 5.74) is 3.04. The highest BCUT2D eigenvalue weighted by atomic mass is 16.2. The van der Waals surface area contributed by atoms with Gasteiger partial charge in [0.15, 0.2) is 0 Å². The number of aromatic amines is 2. The zero-order valence-corrected chi connectivity index (χ0v) is 20.4. The Labute approximate surface area is 211 Å². The number of nitrogens with zero attached hydrogens (tertiary/aromatic N) is 3. The van der Waals surface area contributed by atoms with Gasteiger partial charge in [-0.2, -0.15) is 0 Å². The van der Waals surface area contributed by atoms with Gasteiger partial charge in [0.25, 0.3) is 5.91 Å². The van der Waals surface area contributed by atoms with Crippen LogP contribution in [0.3, 0.4) is 0 Å². The van der Waals surface area contributed by atoms with Crippen LogP contribution in [-0.2, 0) is 19.6 Å². The summed E-state index contributed by atoms with van der Waals surface area (Å²) in [4.78, 5) is 29.7. The molecule has 0 spiro atoms. The molecule has 1 fully saturated rings. The van der Waals surface area contributed by atoms with Crippen molar-refractivity contribution in [3.63, 3.8) is 0 Å². The van der Waals surface area contributed by atoms with E-state index in [2.05, 4.69) is 54.8 Å². The third kappa shape index (κ3) is 6.40. The van der Waals surface area contributed by atoms with Crippen molar-refractivity contribution in [2.24, 2.45) is 0 Å². The second-order valence-corrected chi connectivity index (χ2v) is 9.37. The summed E-state index contributed by atoms with van der Waals surface area (Å²) >= 11 is 0. The van der Waals surface area contributed by atoms with Crippen LogP contribution in [0.15, 0.2) is 79.4 Å². The minimum Gasteiger partial charge on any atom is -0.382 e. The smallest absolute Gasteiger partial charge is 0.254 e. The number of nitrogens with one attached hydrogen (secondary N) is 4. The summed E-state index contributed by atoms with van der Waals surface area (Å²) in [6, 6.07) is 19.4. The fourth-order valence-corrected chi connectivity index (χ4v) is 4.75. The predicted molar refractivity (Wildman–Crippen MR) is 140 cm³/mol. The van der Waals surface area contributed by atoms with Gasteiger partial charge in [0.1, 0.15) is 11.6 Å². The summed E-state index contributed by atoms with van der Waals surface area (Å²) in [6.07, 6.45) is 11.6. The molecule has 0 saturated heterocycles. The number of hydrogen-bond donors (Lipinski definition) is 4. The highest BCUT2D eigenvalue weighted by Crippen LogP contribution is 2.22. The molecule has 0 atom stereocenters. The van der Waals surface area contributed by atoms with Crippen molar-refractivity contribution >= 4 is 11.6 Å². The standard InChI is InChI=1S/C28H33N7O/c36-28(35(19-26-29-14-15-30-26)20-27-31-16-17-32-27)22-8-6-21(7-9-22)18-33-23-10-12-25(13-11-23)34-24-4-2-1-3-5-24/h1-9,14-17,23,25,33-34H,10-13,18-20H2,(H,29,30)(H,31,32). The summed E-state index contributed by atoms with van der Waals surface area (Å²) in [5, 5.41) is 7.36. The van der Waals surface area contributed by atoms with Crippen molar-refractivity contribution in [3.05, 3.63) is 102 Å². The average Bonchev–Trinajstić information content (AvgIpc) is 3.63.